The molecule has 0 heterocycles. The van der Waals surface area contributed by atoms with Crippen molar-refractivity contribution in [2.24, 2.45) is 0 Å². The van der Waals surface area contributed by atoms with E-state index in [2.05, 4.69) is 0 Å². The van der Waals surface area contributed by atoms with Crippen LogP contribution in [-0.4, -0.2) is 5.78 Å². The van der Waals surface area contributed by atoms with Crippen molar-refractivity contribution in [2.45, 2.75) is 65.2 Å². The van der Waals surface area contributed by atoms with E-state index in [-0.39, 0.29) is 0 Å². The van der Waals surface area contributed by atoms with Crippen LogP contribution in [0.3, 0.4) is 0 Å². The Bertz CT molecular complexity index is 86.1. The fourth-order valence-electron chi connectivity index (χ4n) is 1.31. The molecule has 12 heavy (non-hydrogen) atoms. The molecule has 0 radical (unpaired) electrons. The van der Waals surface area contributed by atoms with Gasteiger partial charge >= 0.3 is 0 Å². The number of carbonyl (C=O) groups excluding carboxylic acids is 1. The molecule has 1 fully saturated rings. The second-order valence-electron chi connectivity index (χ2n) is 3.37. The molecule has 1 heteroatoms. The Morgan fingerprint density at radius 3 is 1.17 bits per heavy atom. The van der Waals surface area contributed by atoms with Crippen LogP contribution in [0.1, 0.15) is 65.2 Å². The van der Waals surface area contributed by atoms with Crippen molar-refractivity contribution in [1.82, 2.24) is 0 Å². The Morgan fingerprint density at radius 1 is 0.833 bits per heavy atom. The fraction of sp³-hybridized carbons (Fsp3) is 0.909. The van der Waals surface area contributed by atoms with Crippen LogP contribution in [0.15, 0.2) is 0 Å². The van der Waals surface area contributed by atoms with Crippen molar-refractivity contribution in [1.29, 1.82) is 0 Å². The van der Waals surface area contributed by atoms with Gasteiger partial charge in [0.25, 0.3) is 0 Å². The van der Waals surface area contributed by atoms with Gasteiger partial charge in [-0.3, -0.25) is 4.79 Å². The normalized spacial score (nSPS) is 16.2. The van der Waals surface area contributed by atoms with E-state index < -0.39 is 0 Å². The summed E-state index contributed by atoms with van der Waals surface area (Å²) in [5.74, 6) is 0.343. The van der Waals surface area contributed by atoms with Gasteiger partial charge in [0.05, 0.1) is 0 Å². The Kier molecular flexibility index (Phi) is 8.52. The number of hydrogen-bond acceptors (Lipinski definition) is 1. The largest absolute Gasteiger partial charge is 0.300 e. The predicted molar refractivity (Wildman–Crippen MR) is 53.3 cm³/mol. The van der Waals surface area contributed by atoms with Gasteiger partial charge in [-0.15, -0.1) is 0 Å². The van der Waals surface area contributed by atoms with Gasteiger partial charge in [0, 0.05) is 12.8 Å². The van der Waals surface area contributed by atoms with Gasteiger partial charge in [-0.2, -0.15) is 0 Å². The first-order chi connectivity index (χ1) is 5.81. The second-order valence-corrected chi connectivity index (χ2v) is 3.37. The third-order valence-corrected chi connectivity index (χ3v) is 2.29. The monoisotopic (exact) mass is 170 g/mol. The Hall–Kier alpha value is -0.330. The van der Waals surface area contributed by atoms with Crippen molar-refractivity contribution in [3.05, 3.63) is 0 Å². The van der Waals surface area contributed by atoms with Gasteiger partial charge in [0.2, 0.25) is 0 Å². The average Bonchev–Trinajstić information content (AvgIpc) is 2.20. The lowest BCUT2D eigenvalue weighted by atomic mass is 10.0. The predicted octanol–water partition coefficient (Wildman–Crippen LogP) is 3.72. The van der Waals surface area contributed by atoms with E-state index in [1.54, 1.807) is 0 Å². The lowest BCUT2D eigenvalue weighted by molar-refractivity contribution is -0.118. The minimum Gasteiger partial charge on any atom is -0.300 e. The molecule has 0 aromatic rings. The smallest absolute Gasteiger partial charge is 0.132 e. The summed E-state index contributed by atoms with van der Waals surface area (Å²) < 4.78 is 0. The van der Waals surface area contributed by atoms with Gasteiger partial charge in [-0.1, -0.05) is 52.4 Å². The van der Waals surface area contributed by atoms with Gasteiger partial charge in [0.15, 0.2) is 0 Å². The first-order valence-electron chi connectivity index (χ1n) is 5.33. The third-order valence-electron chi connectivity index (χ3n) is 2.29. The van der Waals surface area contributed by atoms with Crippen molar-refractivity contribution in [2.75, 3.05) is 0 Å². The SMILES string of the molecule is C1CCCCC1.CCC(=O)CC. The lowest BCUT2D eigenvalue weighted by Crippen LogP contribution is -1.88. The number of rotatable bonds is 2. The molecule has 0 N–H and O–H groups in total. The molecule has 0 aromatic carbocycles. The molecule has 0 unspecified atom stereocenters. The molecule has 0 amide bonds. The molecule has 72 valence electrons. The van der Waals surface area contributed by atoms with E-state index in [4.69, 9.17) is 0 Å². The molecule has 1 aliphatic carbocycles. The second kappa shape index (κ2) is 8.76. The maximum Gasteiger partial charge on any atom is 0.132 e. The molecule has 0 atom stereocenters. The summed E-state index contributed by atoms with van der Waals surface area (Å²) in [5.41, 5.74) is 0. The molecule has 1 aliphatic rings. The van der Waals surface area contributed by atoms with Crippen LogP contribution < -0.4 is 0 Å². The van der Waals surface area contributed by atoms with Crippen LogP contribution in [0.4, 0.5) is 0 Å². The maximum absolute atomic E-state index is 10.2. The zero-order chi connectivity index (χ0) is 9.23. The van der Waals surface area contributed by atoms with Gasteiger partial charge in [-0.05, 0) is 0 Å². The highest BCUT2D eigenvalue weighted by Crippen LogP contribution is 2.15. The van der Waals surface area contributed by atoms with E-state index in [0.717, 1.165) is 0 Å². The Morgan fingerprint density at radius 2 is 1.08 bits per heavy atom. The highest BCUT2D eigenvalue weighted by atomic mass is 16.1. The number of hydrogen-bond donors (Lipinski definition) is 0. The standard InChI is InChI=1S/C6H12.C5H10O/c1-2-4-6-5-3-1;1-3-5(6)4-2/h1-6H2;3-4H2,1-2H3. The molecular weight excluding hydrogens is 148 g/mol. The van der Waals surface area contributed by atoms with E-state index in [9.17, 15) is 4.79 Å². The van der Waals surface area contributed by atoms with Gasteiger partial charge in [-0.25, -0.2) is 0 Å². The average molecular weight is 170 g/mol. The third kappa shape index (κ3) is 7.77. The lowest BCUT2D eigenvalue weighted by Gasteiger charge is -2.05. The molecule has 1 saturated carbocycles. The molecule has 0 saturated heterocycles. The van der Waals surface area contributed by atoms with Crippen LogP contribution in [0.5, 0.6) is 0 Å². The summed E-state index contributed by atoms with van der Waals surface area (Å²) in [4.78, 5) is 10.2. The molecule has 1 rings (SSSR count). The molecule has 0 bridgehead atoms. The summed E-state index contributed by atoms with van der Waals surface area (Å²) in [7, 11) is 0. The van der Waals surface area contributed by atoms with E-state index in [0.29, 0.717) is 18.6 Å². The summed E-state index contributed by atoms with van der Waals surface area (Å²) in [6, 6.07) is 0. The first-order valence-corrected chi connectivity index (χ1v) is 5.33. The van der Waals surface area contributed by atoms with Crippen LogP contribution in [0.2, 0.25) is 0 Å². The maximum atomic E-state index is 10.2. The quantitative estimate of drug-likeness (QED) is 0.617. The van der Waals surface area contributed by atoms with Crippen LogP contribution in [0, 0.1) is 0 Å². The highest BCUT2D eigenvalue weighted by molar-refractivity contribution is 5.77. The van der Waals surface area contributed by atoms with Crippen molar-refractivity contribution in [3.63, 3.8) is 0 Å². The van der Waals surface area contributed by atoms with Crippen molar-refractivity contribution >= 4 is 5.78 Å². The van der Waals surface area contributed by atoms with E-state index in [1.807, 2.05) is 13.8 Å². The molecule has 0 spiro atoms. The minimum absolute atomic E-state index is 0.343. The number of ketones is 1. The molecule has 1 nitrogen and oxygen atoms in total. The summed E-state index contributed by atoms with van der Waals surface area (Å²) in [6.45, 7) is 3.76. The summed E-state index contributed by atoms with van der Waals surface area (Å²) >= 11 is 0. The summed E-state index contributed by atoms with van der Waals surface area (Å²) in [5, 5.41) is 0. The fourth-order valence-corrected chi connectivity index (χ4v) is 1.31. The molecule has 0 aliphatic heterocycles. The van der Waals surface area contributed by atoms with Crippen molar-refractivity contribution < 1.29 is 4.79 Å². The summed E-state index contributed by atoms with van der Waals surface area (Å²) in [6.07, 6.45) is 10.4. The van der Waals surface area contributed by atoms with Crippen LogP contribution in [-0.2, 0) is 4.79 Å². The minimum atomic E-state index is 0.343. The van der Waals surface area contributed by atoms with Gasteiger partial charge in [0.1, 0.15) is 5.78 Å². The van der Waals surface area contributed by atoms with Crippen LogP contribution >= 0.6 is 0 Å². The van der Waals surface area contributed by atoms with E-state index >= 15 is 0 Å². The van der Waals surface area contributed by atoms with E-state index in [1.165, 1.54) is 38.5 Å². The van der Waals surface area contributed by atoms with Gasteiger partial charge < -0.3 is 0 Å². The Balaban J connectivity index is 0.000000202. The highest BCUT2D eigenvalue weighted by Gasteiger charge is 1.95. The van der Waals surface area contributed by atoms with Crippen molar-refractivity contribution in [3.8, 4) is 0 Å². The zero-order valence-electron chi connectivity index (χ0n) is 8.57. The molecule has 0 aromatic heterocycles. The Labute approximate surface area is 76.6 Å². The first kappa shape index (κ1) is 11.7. The topological polar surface area (TPSA) is 17.1 Å². The number of Topliss-reactive ketones (excluding diaryl/α,β-unsaturated/α-hetero) is 1. The zero-order valence-corrected chi connectivity index (χ0v) is 8.57. The number of carbonyl (C=O) groups is 1. The van der Waals surface area contributed by atoms with Crippen LogP contribution in [0.25, 0.3) is 0 Å². The molecular formula is C11H22O.